The van der Waals surface area contributed by atoms with E-state index in [0.29, 0.717) is 19.6 Å². The van der Waals surface area contributed by atoms with Gasteiger partial charge in [0.15, 0.2) is 6.04 Å². The number of unbranched alkanes of at least 4 members (excludes halogenated alkanes) is 8. The third-order valence-electron chi connectivity index (χ3n) is 8.77. The minimum atomic E-state index is -4.50. The summed E-state index contributed by atoms with van der Waals surface area (Å²) in [5, 5.41) is 2.57. The Morgan fingerprint density at radius 1 is 0.763 bits per heavy atom. The Morgan fingerprint density at radius 3 is 1.90 bits per heavy atom. The second-order valence-electron chi connectivity index (χ2n) is 16.7. The molecule has 0 bridgehead atoms. The number of alkyl carbamates (subject to hydrolysis) is 1. The molecule has 2 aromatic carbocycles. The van der Waals surface area contributed by atoms with E-state index in [1.165, 1.54) is 18.7 Å². The van der Waals surface area contributed by atoms with E-state index in [9.17, 15) is 18.9 Å². The van der Waals surface area contributed by atoms with Crippen LogP contribution in [0.15, 0.2) is 36.4 Å². The molecule has 0 saturated heterocycles. The fraction of sp³-hybridized carbons (Fsp3) is 0.659. The highest BCUT2D eigenvalue weighted by Gasteiger charge is 2.36. The molecular weight excluding hydrogens is 801 g/mol. The van der Waals surface area contributed by atoms with Crippen molar-refractivity contribution in [2.45, 2.75) is 156 Å². The maximum atomic E-state index is 14.0. The van der Waals surface area contributed by atoms with Gasteiger partial charge in [0.25, 0.3) is 0 Å². The molecule has 0 fully saturated rings. The Balaban J connectivity index is 1.74. The van der Waals surface area contributed by atoms with Crippen molar-refractivity contribution in [1.82, 2.24) is 5.32 Å². The van der Waals surface area contributed by atoms with Crippen molar-refractivity contribution in [2.75, 3.05) is 33.5 Å². The maximum absolute atomic E-state index is 14.0. The SMILES string of the molecule is CO[C@H](COCCCCCCCCCCCC(=O)OCc1c(C)cc(C)cc1C)COP(=O)(OC[C@H](NC(=O)OC(C)(C)C)C(=O)OC(C)(C)C)Oc1ccccc1Cl. The molecule has 0 heterocycles. The quantitative estimate of drug-likeness (QED) is 0.0393. The van der Waals surface area contributed by atoms with Gasteiger partial charge >= 0.3 is 25.9 Å². The molecule has 334 valence electrons. The van der Waals surface area contributed by atoms with Gasteiger partial charge in [0.2, 0.25) is 0 Å². The lowest BCUT2D eigenvalue weighted by atomic mass is 10.0. The minimum absolute atomic E-state index is 0.0218. The number of amides is 1. The number of methoxy groups -OCH3 is 1. The van der Waals surface area contributed by atoms with Crippen molar-refractivity contribution in [3.63, 3.8) is 0 Å². The smallest absolute Gasteiger partial charge is 0.461 e. The monoisotopic (exact) mass is 869 g/mol. The van der Waals surface area contributed by atoms with Gasteiger partial charge in [-0.3, -0.25) is 13.8 Å². The van der Waals surface area contributed by atoms with E-state index in [2.05, 4.69) is 38.2 Å². The van der Waals surface area contributed by atoms with Crippen LogP contribution < -0.4 is 9.84 Å². The highest BCUT2D eigenvalue weighted by Crippen LogP contribution is 2.51. The second-order valence-corrected chi connectivity index (χ2v) is 18.7. The van der Waals surface area contributed by atoms with Crippen molar-refractivity contribution in [3.05, 3.63) is 63.7 Å². The Kier molecular flexibility index (Phi) is 23.1. The molecule has 0 aliphatic carbocycles. The highest BCUT2D eigenvalue weighted by molar-refractivity contribution is 7.49. The molecule has 0 spiro atoms. The van der Waals surface area contributed by atoms with Crippen molar-refractivity contribution in [1.29, 1.82) is 0 Å². The Morgan fingerprint density at radius 2 is 1.32 bits per heavy atom. The molecule has 15 heteroatoms. The largest absolute Gasteiger partial charge is 0.530 e. The van der Waals surface area contributed by atoms with Crippen LogP contribution in [0.25, 0.3) is 0 Å². The van der Waals surface area contributed by atoms with Crippen LogP contribution in [0.4, 0.5) is 4.79 Å². The van der Waals surface area contributed by atoms with Gasteiger partial charge in [-0.05, 0) is 104 Å². The number of halogens is 1. The molecule has 1 unspecified atom stereocenters. The third-order valence-corrected chi connectivity index (χ3v) is 10.4. The van der Waals surface area contributed by atoms with E-state index in [4.69, 9.17) is 48.9 Å². The number of hydrogen-bond donors (Lipinski definition) is 1. The molecule has 2 rings (SSSR count). The Hall–Kier alpha value is -3.19. The van der Waals surface area contributed by atoms with E-state index in [1.54, 1.807) is 59.7 Å². The van der Waals surface area contributed by atoms with Gasteiger partial charge in [0.05, 0.1) is 24.8 Å². The summed E-state index contributed by atoms with van der Waals surface area (Å²) in [5.41, 5.74) is 2.88. The van der Waals surface area contributed by atoms with E-state index in [0.717, 1.165) is 74.5 Å². The highest BCUT2D eigenvalue weighted by atomic mass is 35.5. The first kappa shape index (κ1) is 51.9. The number of esters is 2. The van der Waals surface area contributed by atoms with Crippen LogP contribution in [-0.2, 0) is 53.5 Å². The molecule has 59 heavy (non-hydrogen) atoms. The summed E-state index contributed by atoms with van der Waals surface area (Å²) in [6.45, 7) is 16.3. The van der Waals surface area contributed by atoms with Crippen molar-refractivity contribution >= 4 is 37.5 Å². The van der Waals surface area contributed by atoms with E-state index >= 15 is 0 Å². The zero-order valence-corrected chi connectivity index (χ0v) is 38.6. The van der Waals surface area contributed by atoms with Crippen LogP contribution in [0.2, 0.25) is 5.02 Å². The van der Waals surface area contributed by atoms with Crippen LogP contribution in [0.3, 0.4) is 0 Å². The Labute approximate surface area is 357 Å². The van der Waals surface area contributed by atoms with E-state index in [1.807, 2.05) is 0 Å². The average Bonchev–Trinajstić information content (AvgIpc) is 3.12. The lowest BCUT2D eigenvalue weighted by molar-refractivity contribution is -0.158. The zero-order chi connectivity index (χ0) is 44.1. The number of para-hydroxylation sites is 1. The molecule has 0 saturated carbocycles. The number of rotatable bonds is 27. The average molecular weight is 870 g/mol. The molecule has 0 aromatic heterocycles. The van der Waals surface area contributed by atoms with Gasteiger partial charge in [-0.15, -0.1) is 0 Å². The number of carbonyl (C=O) groups is 3. The molecule has 1 N–H and O–H groups in total. The number of benzene rings is 2. The fourth-order valence-corrected chi connectivity index (χ4v) is 7.32. The predicted molar refractivity (Wildman–Crippen MR) is 229 cm³/mol. The van der Waals surface area contributed by atoms with Crippen LogP contribution in [0, 0.1) is 20.8 Å². The molecule has 0 aliphatic heterocycles. The Bertz CT molecular complexity index is 1620. The lowest BCUT2D eigenvalue weighted by Gasteiger charge is -2.27. The summed E-state index contributed by atoms with van der Waals surface area (Å²) in [7, 11) is -3.02. The third kappa shape index (κ3) is 22.8. The van der Waals surface area contributed by atoms with Crippen LogP contribution in [0.1, 0.15) is 128 Å². The normalized spacial score (nSPS) is 13.9. The number of carbonyl (C=O) groups excluding carboxylic acids is 3. The molecule has 3 atom stereocenters. The lowest BCUT2D eigenvalue weighted by Crippen LogP contribution is -2.48. The van der Waals surface area contributed by atoms with Crippen molar-refractivity contribution in [3.8, 4) is 5.75 Å². The number of hydrogen-bond acceptors (Lipinski definition) is 12. The fourth-order valence-electron chi connectivity index (χ4n) is 5.83. The first-order valence-electron chi connectivity index (χ1n) is 20.6. The summed E-state index contributed by atoms with van der Waals surface area (Å²) in [6.07, 6.45) is 8.28. The summed E-state index contributed by atoms with van der Waals surface area (Å²) >= 11 is 6.28. The molecular formula is C44H69ClNO12P. The molecule has 1 amide bonds. The van der Waals surface area contributed by atoms with Gasteiger partial charge in [-0.2, -0.15) is 0 Å². The first-order valence-corrected chi connectivity index (χ1v) is 22.4. The number of phosphoric acid groups is 1. The number of ether oxygens (including phenoxy) is 5. The predicted octanol–water partition coefficient (Wildman–Crippen LogP) is 10.7. The maximum Gasteiger partial charge on any atom is 0.530 e. The number of nitrogens with one attached hydrogen (secondary N) is 1. The van der Waals surface area contributed by atoms with Crippen LogP contribution in [0.5, 0.6) is 5.75 Å². The molecule has 0 aliphatic rings. The first-order chi connectivity index (χ1) is 27.7. The van der Waals surface area contributed by atoms with Gasteiger partial charge < -0.3 is 33.5 Å². The van der Waals surface area contributed by atoms with Crippen molar-refractivity contribution in [2.24, 2.45) is 0 Å². The number of aryl methyl sites for hydroxylation is 3. The number of phosphoric ester groups is 1. The molecule has 0 radical (unpaired) electrons. The standard InChI is InChI=1S/C44H69ClNO12P/c1-32-26-33(2)36(34(3)27-32)30-53-40(47)24-18-16-14-12-11-13-15-17-21-25-52-28-35(51-10)29-54-59(50,58-39-23-20-19-22-37(39)45)55-31-38(41(48)56-43(4,5)6)46-42(49)57-44(7,8)9/h19-20,22-23,26-27,35,38H,11-18,21,24-25,28-31H2,1-10H3,(H,46,49)/t35-,38+,59?/m1/s1. The van der Waals surface area contributed by atoms with Crippen LogP contribution in [-0.4, -0.2) is 74.9 Å². The molecule has 2 aromatic rings. The second kappa shape index (κ2) is 26.2. The van der Waals surface area contributed by atoms with E-state index < -0.39 is 49.8 Å². The summed E-state index contributed by atoms with van der Waals surface area (Å²) in [5.74, 6) is -0.959. The van der Waals surface area contributed by atoms with E-state index in [-0.39, 0.29) is 30.0 Å². The van der Waals surface area contributed by atoms with Crippen LogP contribution >= 0.6 is 19.4 Å². The van der Waals surface area contributed by atoms with Gasteiger partial charge in [-0.1, -0.05) is 86.4 Å². The van der Waals surface area contributed by atoms with Crippen molar-refractivity contribution < 1.29 is 56.2 Å². The van der Waals surface area contributed by atoms with Gasteiger partial charge in [0.1, 0.15) is 29.7 Å². The zero-order valence-electron chi connectivity index (χ0n) is 36.9. The summed E-state index contributed by atoms with van der Waals surface area (Å²) < 4.78 is 58.7. The topological polar surface area (TPSA) is 154 Å². The molecule has 13 nitrogen and oxygen atoms in total. The van der Waals surface area contributed by atoms with Gasteiger partial charge in [0, 0.05) is 20.1 Å². The summed E-state index contributed by atoms with van der Waals surface area (Å²) in [6, 6.07) is 9.14. The van der Waals surface area contributed by atoms with Gasteiger partial charge in [-0.25, -0.2) is 14.2 Å². The minimum Gasteiger partial charge on any atom is -0.461 e. The summed E-state index contributed by atoms with van der Waals surface area (Å²) in [4.78, 5) is 37.9.